The zero-order valence-corrected chi connectivity index (χ0v) is 10.1. The van der Waals surface area contributed by atoms with Crippen molar-refractivity contribution in [2.45, 2.75) is 32.7 Å². The summed E-state index contributed by atoms with van der Waals surface area (Å²) in [5, 5.41) is 3.26. The van der Waals surface area contributed by atoms with Crippen molar-refractivity contribution in [3.63, 3.8) is 0 Å². The van der Waals surface area contributed by atoms with E-state index in [4.69, 9.17) is 5.73 Å². The number of nitrogens with zero attached hydrogens (tertiary/aromatic N) is 1. The van der Waals surface area contributed by atoms with E-state index in [-0.39, 0.29) is 11.4 Å². The van der Waals surface area contributed by atoms with Gasteiger partial charge >= 0.3 is 0 Å². The fourth-order valence-electron chi connectivity index (χ4n) is 1.85. The Labute approximate surface area is 96.3 Å². The first-order valence-electron chi connectivity index (χ1n) is 5.55. The molecule has 0 saturated carbocycles. The van der Waals surface area contributed by atoms with Crippen LogP contribution in [0.4, 0.5) is 10.2 Å². The molecule has 0 radical (unpaired) electrons. The van der Waals surface area contributed by atoms with Crippen molar-refractivity contribution in [3.05, 3.63) is 24.1 Å². The van der Waals surface area contributed by atoms with Crippen LogP contribution in [0.3, 0.4) is 0 Å². The van der Waals surface area contributed by atoms with E-state index < -0.39 is 0 Å². The Morgan fingerprint density at radius 3 is 2.62 bits per heavy atom. The van der Waals surface area contributed by atoms with E-state index in [1.807, 2.05) is 0 Å². The lowest BCUT2D eigenvalue weighted by Gasteiger charge is -2.31. The van der Waals surface area contributed by atoms with Gasteiger partial charge in [-0.1, -0.05) is 13.8 Å². The summed E-state index contributed by atoms with van der Waals surface area (Å²) in [5.74, 6) is 0.875. The van der Waals surface area contributed by atoms with Gasteiger partial charge in [0.2, 0.25) is 0 Å². The highest BCUT2D eigenvalue weighted by Crippen LogP contribution is 2.20. The summed E-state index contributed by atoms with van der Waals surface area (Å²) in [6.45, 7) is 6.86. The summed E-state index contributed by atoms with van der Waals surface area (Å²) in [5.41, 5.74) is 5.57. The third kappa shape index (κ3) is 3.77. The molecule has 3 nitrogen and oxygen atoms in total. The molecule has 1 aromatic rings. The fourth-order valence-corrected chi connectivity index (χ4v) is 1.85. The average molecular weight is 225 g/mol. The first-order valence-corrected chi connectivity index (χ1v) is 5.55. The lowest BCUT2D eigenvalue weighted by Crippen LogP contribution is -2.43. The van der Waals surface area contributed by atoms with Gasteiger partial charge < -0.3 is 11.1 Å². The lowest BCUT2D eigenvalue weighted by atomic mass is 9.91. The Balaban J connectivity index is 2.72. The van der Waals surface area contributed by atoms with E-state index in [2.05, 4.69) is 31.1 Å². The molecule has 1 atom stereocenters. The van der Waals surface area contributed by atoms with E-state index in [0.29, 0.717) is 18.3 Å². The lowest BCUT2D eigenvalue weighted by molar-refractivity contribution is 0.406. The van der Waals surface area contributed by atoms with Crippen LogP contribution in [0.25, 0.3) is 0 Å². The van der Waals surface area contributed by atoms with Crippen molar-refractivity contribution in [1.82, 2.24) is 4.98 Å². The summed E-state index contributed by atoms with van der Waals surface area (Å²) in [6.07, 6.45) is 2.15. The van der Waals surface area contributed by atoms with Gasteiger partial charge in [0.05, 0.1) is 6.20 Å². The summed E-state index contributed by atoms with van der Waals surface area (Å²) in [7, 11) is 0. The van der Waals surface area contributed by atoms with Crippen molar-refractivity contribution in [3.8, 4) is 0 Å². The predicted octanol–water partition coefficient (Wildman–Crippen LogP) is 2.40. The molecule has 0 saturated heterocycles. The molecular formula is C12H20FN3. The van der Waals surface area contributed by atoms with E-state index >= 15 is 0 Å². The van der Waals surface area contributed by atoms with Gasteiger partial charge in [-0.25, -0.2) is 9.37 Å². The number of anilines is 1. The Morgan fingerprint density at radius 2 is 2.19 bits per heavy atom. The molecule has 0 fully saturated rings. The molecule has 1 aromatic heterocycles. The maximum Gasteiger partial charge on any atom is 0.141 e. The van der Waals surface area contributed by atoms with Crippen LogP contribution in [-0.2, 0) is 0 Å². The summed E-state index contributed by atoms with van der Waals surface area (Å²) < 4.78 is 12.7. The number of nitrogens with two attached hydrogens (primary N) is 1. The Kier molecular flexibility index (Phi) is 4.24. The molecule has 90 valence electrons. The topological polar surface area (TPSA) is 50.9 Å². The molecule has 1 heterocycles. The van der Waals surface area contributed by atoms with Crippen LogP contribution in [0.5, 0.6) is 0 Å². The van der Waals surface area contributed by atoms with E-state index in [0.717, 1.165) is 6.42 Å². The Bertz CT molecular complexity index is 324. The minimum Gasteiger partial charge on any atom is -0.364 e. The normalized spacial score (nSPS) is 14.9. The molecule has 16 heavy (non-hydrogen) atoms. The number of nitrogens with one attached hydrogen (secondary N) is 1. The van der Waals surface area contributed by atoms with E-state index in [1.165, 1.54) is 12.3 Å². The largest absolute Gasteiger partial charge is 0.364 e. The Hall–Kier alpha value is -1.16. The van der Waals surface area contributed by atoms with Crippen molar-refractivity contribution in [1.29, 1.82) is 0 Å². The molecule has 0 aliphatic carbocycles. The van der Waals surface area contributed by atoms with Crippen molar-refractivity contribution < 1.29 is 4.39 Å². The first kappa shape index (κ1) is 12.9. The molecule has 0 aliphatic heterocycles. The van der Waals surface area contributed by atoms with Crippen molar-refractivity contribution >= 4 is 5.82 Å². The first-order chi connectivity index (χ1) is 7.45. The number of rotatable bonds is 5. The SMILES string of the molecule is CC(C)CC(C)(CN)Nc1ccc(F)cn1. The average Bonchev–Trinajstić information content (AvgIpc) is 2.20. The molecule has 4 heteroatoms. The van der Waals surface area contributed by atoms with Gasteiger partial charge in [-0.15, -0.1) is 0 Å². The molecule has 0 aromatic carbocycles. The summed E-state index contributed by atoms with van der Waals surface area (Å²) in [6, 6.07) is 3.02. The van der Waals surface area contributed by atoms with Crippen LogP contribution < -0.4 is 11.1 Å². The zero-order chi connectivity index (χ0) is 12.2. The standard InChI is InChI=1S/C12H20FN3/c1-9(2)6-12(3,8-14)16-11-5-4-10(13)7-15-11/h4-5,7,9H,6,8,14H2,1-3H3,(H,15,16). The van der Waals surface area contributed by atoms with Crippen LogP contribution in [-0.4, -0.2) is 17.1 Å². The van der Waals surface area contributed by atoms with Crippen LogP contribution >= 0.6 is 0 Å². The molecule has 0 aliphatic rings. The van der Waals surface area contributed by atoms with Gasteiger partial charge in [-0.3, -0.25) is 0 Å². The van der Waals surface area contributed by atoms with Gasteiger partial charge in [0.15, 0.2) is 0 Å². The van der Waals surface area contributed by atoms with E-state index in [1.54, 1.807) is 6.07 Å². The summed E-state index contributed by atoms with van der Waals surface area (Å²) in [4.78, 5) is 3.98. The number of hydrogen-bond acceptors (Lipinski definition) is 3. The highest BCUT2D eigenvalue weighted by Gasteiger charge is 2.23. The maximum atomic E-state index is 12.7. The molecule has 0 bridgehead atoms. The minimum absolute atomic E-state index is 0.195. The molecule has 0 spiro atoms. The predicted molar refractivity (Wildman–Crippen MR) is 64.7 cm³/mol. The van der Waals surface area contributed by atoms with Gasteiger partial charge in [0, 0.05) is 12.1 Å². The second kappa shape index (κ2) is 5.25. The van der Waals surface area contributed by atoms with Crippen LogP contribution in [0.1, 0.15) is 27.2 Å². The van der Waals surface area contributed by atoms with Crippen LogP contribution in [0.15, 0.2) is 18.3 Å². The van der Waals surface area contributed by atoms with Crippen LogP contribution in [0.2, 0.25) is 0 Å². The Morgan fingerprint density at radius 1 is 1.50 bits per heavy atom. The van der Waals surface area contributed by atoms with Crippen LogP contribution in [0, 0.1) is 11.7 Å². The highest BCUT2D eigenvalue weighted by molar-refractivity contribution is 5.37. The van der Waals surface area contributed by atoms with Gasteiger partial charge in [0.1, 0.15) is 11.6 Å². The molecule has 1 rings (SSSR count). The second-order valence-corrected chi connectivity index (χ2v) is 4.85. The molecule has 1 unspecified atom stereocenters. The number of halogens is 1. The number of pyridine rings is 1. The smallest absolute Gasteiger partial charge is 0.141 e. The van der Waals surface area contributed by atoms with Gasteiger partial charge in [-0.05, 0) is 31.4 Å². The maximum absolute atomic E-state index is 12.7. The third-order valence-electron chi connectivity index (χ3n) is 2.47. The summed E-state index contributed by atoms with van der Waals surface area (Å²) >= 11 is 0. The van der Waals surface area contributed by atoms with Crippen molar-refractivity contribution in [2.75, 3.05) is 11.9 Å². The second-order valence-electron chi connectivity index (χ2n) is 4.85. The van der Waals surface area contributed by atoms with Gasteiger partial charge in [0.25, 0.3) is 0 Å². The zero-order valence-electron chi connectivity index (χ0n) is 10.1. The number of hydrogen-bond donors (Lipinski definition) is 2. The van der Waals surface area contributed by atoms with E-state index in [9.17, 15) is 4.39 Å². The highest BCUT2D eigenvalue weighted by atomic mass is 19.1. The number of aromatic nitrogens is 1. The minimum atomic E-state index is -0.330. The third-order valence-corrected chi connectivity index (χ3v) is 2.47. The van der Waals surface area contributed by atoms with Gasteiger partial charge in [-0.2, -0.15) is 0 Å². The molecule has 3 N–H and O–H groups in total. The monoisotopic (exact) mass is 225 g/mol. The van der Waals surface area contributed by atoms with Crippen molar-refractivity contribution in [2.24, 2.45) is 11.7 Å². The quantitative estimate of drug-likeness (QED) is 0.809. The fraction of sp³-hybridized carbons (Fsp3) is 0.583. The molecular weight excluding hydrogens is 205 g/mol. The molecule has 0 amide bonds.